The first-order valence-corrected chi connectivity index (χ1v) is 12.3. The Kier molecular flexibility index (Phi) is 6.52. The largest absolute Gasteiger partial charge is 0.369 e. The van der Waals surface area contributed by atoms with Crippen LogP contribution in [0.25, 0.3) is 0 Å². The molecule has 170 valence electrons. The summed E-state index contributed by atoms with van der Waals surface area (Å²) in [5, 5.41) is 11.9. The van der Waals surface area contributed by atoms with Gasteiger partial charge < -0.3 is 4.90 Å². The number of benzene rings is 2. The fourth-order valence-electron chi connectivity index (χ4n) is 4.07. The monoisotopic (exact) mass is 458 g/mol. The van der Waals surface area contributed by atoms with Gasteiger partial charge >= 0.3 is 0 Å². The average molecular weight is 459 g/mol. The van der Waals surface area contributed by atoms with Gasteiger partial charge in [0.2, 0.25) is 0 Å². The second-order valence-electron chi connectivity index (χ2n) is 8.02. The molecule has 0 aliphatic carbocycles. The normalized spacial score (nSPS) is 16.3. The Balaban J connectivity index is 1.47. The number of hydrogen-bond donors (Lipinski definition) is 0. The minimum absolute atomic E-state index is 0.0893. The molecule has 1 fully saturated rings. The summed E-state index contributed by atoms with van der Waals surface area (Å²) in [6.45, 7) is 7.07. The van der Waals surface area contributed by atoms with Gasteiger partial charge in [0, 0.05) is 31.9 Å². The van der Waals surface area contributed by atoms with Crippen molar-refractivity contribution < 1.29 is 12.8 Å². The maximum Gasteiger partial charge on any atom is 0.198 e. The maximum absolute atomic E-state index is 13.2. The van der Waals surface area contributed by atoms with Crippen LogP contribution in [0, 0.1) is 12.7 Å². The van der Waals surface area contributed by atoms with E-state index in [1.54, 1.807) is 36.4 Å². The van der Waals surface area contributed by atoms with Gasteiger partial charge in [0.15, 0.2) is 21.5 Å². The molecule has 0 spiro atoms. The van der Waals surface area contributed by atoms with Crippen molar-refractivity contribution in [3.05, 3.63) is 65.7 Å². The van der Waals surface area contributed by atoms with Gasteiger partial charge in [-0.3, -0.25) is 4.90 Å². The molecule has 0 saturated carbocycles. The zero-order valence-electron chi connectivity index (χ0n) is 18.2. The van der Waals surface area contributed by atoms with Crippen LogP contribution in [0.1, 0.15) is 30.8 Å². The summed E-state index contributed by atoms with van der Waals surface area (Å²) in [6.07, 6.45) is 0.751. The van der Waals surface area contributed by atoms with E-state index >= 15 is 0 Å². The number of aryl methyl sites for hydroxylation is 1. The molecule has 2 heterocycles. The van der Waals surface area contributed by atoms with E-state index < -0.39 is 9.84 Å². The third kappa shape index (κ3) is 4.81. The van der Waals surface area contributed by atoms with Crippen LogP contribution in [0.5, 0.6) is 0 Å². The zero-order chi connectivity index (χ0) is 22.7. The van der Waals surface area contributed by atoms with Gasteiger partial charge in [-0.2, -0.15) is 0 Å². The third-order valence-corrected chi connectivity index (χ3v) is 7.44. The first kappa shape index (κ1) is 22.3. The highest BCUT2D eigenvalue weighted by Crippen LogP contribution is 2.26. The van der Waals surface area contributed by atoms with Crippen molar-refractivity contribution >= 4 is 15.5 Å². The van der Waals surface area contributed by atoms with Gasteiger partial charge in [0.1, 0.15) is 5.82 Å². The van der Waals surface area contributed by atoms with E-state index in [1.807, 2.05) is 13.8 Å². The van der Waals surface area contributed by atoms with E-state index in [4.69, 9.17) is 0 Å². The number of tetrazole rings is 1. The predicted molar refractivity (Wildman–Crippen MR) is 119 cm³/mol. The van der Waals surface area contributed by atoms with E-state index in [1.165, 1.54) is 16.8 Å². The van der Waals surface area contributed by atoms with Gasteiger partial charge in [-0.1, -0.05) is 24.6 Å². The first-order chi connectivity index (χ1) is 15.4. The molecule has 1 aliphatic heterocycles. The molecule has 1 aromatic heterocycles. The zero-order valence-corrected chi connectivity index (χ0v) is 19.0. The number of anilines is 1. The summed E-state index contributed by atoms with van der Waals surface area (Å²) in [6, 6.07) is 13.2. The number of aromatic nitrogens is 4. The highest BCUT2D eigenvalue weighted by molar-refractivity contribution is 7.90. The third-order valence-electron chi connectivity index (χ3n) is 5.86. The van der Waals surface area contributed by atoms with Crippen molar-refractivity contribution in [2.24, 2.45) is 0 Å². The Morgan fingerprint density at radius 2 is 1.66 bits per heavy atom. The highest BCUT2D eigenvalue weighted by Gasteiger charge is 2.29. The minimum Gasteiger partial charge on any atom is -0.369 e. The topological polar surface area (TPSA) is 84.2 Å². The summed E-state index contributed by atoms with van der Waals surface area (Å²) in [5.41, 5.74) is 1.99. The lowest BCUT2D eigenvalue weighted by Crippen LogP contribution is -2.48. The van der Waals surface area contributed by atoms with E-state index in [-0.39, 0.29) is 22.6 Å². The summed E-state index contributed by atoms with van der Waals surface area (Å²) >= 11 is 0. The quantitative estimate of drug-likeness (QED) is 0.538. The van der Waals surface area contributed by atoms with Crippen molar-refractivity contribution in [1.29, 1.82) is 0 Å². The molecule has 0 N–H and O–H groups in total. The Labute approximate surface area is 187 Å². The standard InChI is InChI=1S/C22H27FN6O2S/c1-3-21(28-14-12-27(13-15-28)19-8-6-18(23)7-9-19)22-24-25-26-29(22)16-32(30,31)20-10-4-17(2)5-11-20/h4-11,21H,3,12-16H2,1-2H3/t21-/m0/s1. The van der Waals surface area contributed by atoms with Gasteiger partial charge in [0.25, 0.3) is 0 Å². The van der Waals surface area contributed by atoms with Crippen LogP contribution in [-0.4, -0.2) is 59.7 Å². The van der Waals surface area contributed by atoms with Crippen LogP contribution < -0.4 is 4.90 Å². The van der Waals surface area contributed by atoms with Crippen LogP contribution in [0.4, 0.5) is 10.1 Å². The Bertz CT molecular complexity index is 1140. The number of halogens is 1. The van der Waals surface area contributed by atoms with Gasteiger partial charge in [0.05, 0.1) is 10.9 Å². The summed E-state index contributed by atoms with van der Waals surface area (Å²) < 4.78 is 40.4. The molecule has 2 aromatic carbocycles. The number of piperazine rings is 1. The Morgan fingerprint density at radius 3 is 2.28 bits per heavy atom. The lowest BCUT2D eigenvalue weighted by atomic mass is 10.1. The molecule has 3 aromatic rings. The molecule has 1 saturated heterocycles. The first-order valence-electron chi connectivity index (χ1n) is 10.7. The summed E-state index contributed by atoms with van der Waals surface area (Å²) in [7, 11) is -3.58. The van der Waals surface area contributed by atoms with Gasteiger partial charge in [-0.15, -0.1) is 5.10 Å². The van der Waals surface area contributed by atoms with E-state index in [9.17, 15) is 12.8 Å². The van der Waals surface area contributed by atoms with Crippen LogP contribution in [-0.2, 0) is 15.7 Å². The second-order valence-corrected chi connectivity index (χ2v) is 9.98. The molecular weight excluding hydrogens is 431 g/mol. The van der Waals surface area contributed by atoms with Crippen molar-refractivity contribution in [3.8, 4) is 0 Å². The molecule has 1 aliphatic rings. The molecule has 0 unspecified atom stereocenters. The van der Waals surface area contributed by atoms with Gasteiger partial charge in [-0.05, 0) is 60.2 Å². The molecular formula is C22H27FN6O2S. The smallest absolute Gasteiger partial charge is 0.198 e. The molecule has 1 atom stereocenters. The fourth-order valence-corrected chi connectivity index (χ4v) is 5.28. The molecule has 32 heavy (non-hydrogen) atoms. The molecule has 4 rings (SSSR count). The second kappa shape index (κ2) is 9.33. The van der Waals surface area contributed by atoms with Crippen molar-refractivity contribution in [3.63, 3.8) is 0 Å². The predicted octanol–water partition coefficient (Wildman–Crippen LogP) is 2.83. The SMILES string of the molecule is CC[C@@H](c1nnnn1CS(=O)(=O)c1ccc(C)cc1)N1CCN(c2ccc(F)cc2)CC1. The Morgan fingerprint density at radius 1 is 1.00 bits per heavy atom. The van der Waals surface area contributed by atoms with E-state index in [0.29, 0.717) is 5.82 Å². The lowest BCUT2D eigenvalue weighted by molar-refractivity contribution is 0.170. The van der Waals surface area contributed by atoms with Crippen molar-refractivity contribution in [1.82, 2.24) is 25.1 Å². The summed E-state index contributed by atoms with van der Waals surface area (Å²) in [5.74, 6) is 0.00836. The fraction of sp³-hybridized carbons (Fsp3) is 0.409. The van der Waals surface area contributed by atoms with Crippen molar-refractivity contribution in [2.75, 3.05) is 31.1 Å². The number of nitrogens with zero attached hydrogens (tertiary/aromatic N) is 6. The molecule has 10 heteroatoms. The van der Waals surface area contributed by atoms with Crippen molar-refractivity contribution in [2.45, 2.75) is 37.1 Å². The molecule has 0 radical (unpaired) electrons. The number of rotatable bonds is 7. The van der Waals surface area contributed by atoms with Crippen LogP contribution in [0.3, 0.4) is 0 Å². The maximum atomic E-state index is 13.2. The highest BCUT2D eigenvalue weighted by atomic mass is 32.2. The van der Waals surface area contributed by atoms with Crippen LogP contribution in [0.15, 0.2) is 53.4 Å². The number of hydrogen-bond acceptors (Lipinski definition) is 7. The summed E-state index contributed by atoms with van der Waals surface area (Å²) in [4.78, 5) is 4.75. The minimum atomic E-state index is -3.58. The van der Waals surface area contributed by atoms with Gasteiger partial charge in [-0.25, -0.2) is 17.5 Å². The Hall–Kier alpha value is -2.85. The molecule has 0 bridgehead atoms. The lowest BCUT2D eigenvalue weighted by Gasteiger charge is -2.39. The van der Waals surface area contributed by atoms with E-state index in [2.05, 4.69) is 25.3 Å². The molecule has 8 nitrogen and oxygen atoms in total. The number of sulfone groups is 1. The van der Waals surface area contributed by atoms with E-state index in [0.717, 1.165) is 43.9 Å². The molecule has 0 amide bonds. The average Bonchev–Trinajstić information content (AvgIpc) is 3.23. The van der Waals surface area contributed by atoms with Crippen LogP contribution in [0.2, 0.25) is 0 Å². The van der Waals surface area contributed by atoms with Crippen LogP contribution >= 0.6 is 0 Å².